The molecule has 0 bridgehead atoms. The normalized spacial score (nSPS) is 18.5. The molecule has 6 nitrogen and oxygen atoms in total. The molecule has 0 saturated heterocycles. The monoisotopic (exact) mass is 485 g/mol. The number of alkyl halides is 3. The summed E-state index contributed by atoms with van der Waals surface area (Å²) in [6, 6.07) is 11.5. The summed E-state index contributed by atoms with van der Waals surface area (Å²) in [6.45, 7) is 0.301. The standard InChI is InChI=1S/C26H22F3NO5/c1-33-25-24(20(9-10-30-25)26(27,28)29)19-4-2-3-18-17(19)7-8-21(18)35-15-5-6-16-14(11-23(31)32)13-34-22(16)12-15/h2-6,9-10,12,14,21H,7-8,11,13H2,1H3,(H,31,32)/t14-,21-/m1/s1. The minimum absolute atomic E-state index is 0.0102. The summed E-state index contributed by atoms with van der Waals surface area (Å²) in [6.07, 6.45) is -2.70. The van der Waals surface area contributed by atoms with Crippen LogP contribution in [0.1, 0.15) is 47.1 Å². The first-order valence-electron chi connectivity index (χ1n) is 11.1. The van der Waals surface area contributed by atoms with Gasteiger partial charge in [0, 0.05) is 23.7 Å². The maximum Gasteiger partial charge on any atom is 0.417 e. The zero-order chi connectivity index (χ0) is 24.7. The summed E-state index contributed by atoms with van der Waals surface area (Å²) in [7, 11) is 1.30. The molecule has 2 aliphatic rings. The molecule has 5 rings (SSSR count). The average molecular weight is 485 g/mol. The van der Waals surface area contributed by atoms with E-state index in [9.17, 15) is 18.0 Å². The second-order valence-electron chi connectivity index (χ2n) is 8.56. The Kier molecular flexibility index (Phi) is 5.78. The summed E-state index contributed by atoms with van der Waals surface area (Å²) in [5.41, 5.74) is 1.97. The Morgan fingerprint density at radius 1 is 1.20 bits per heavy atom. The van der Waals surface area contributed by atoms with Crippen molar-refractivity contribution in [2.24, 2.45) is 0 Å². The van der Waals surface area contributed by atoms with E-state index in [1.54, 1.807) is 24.3 Å². The van der Waals surface area contributed by atoms with Crippen molar-refractivity contribution in [3.05, 3.63) is 70.9 Å². The molecule has 2 atom stereocenters. The van der Waals surface area contributed by atoms with Crippen molar-refractivity contribution in [2.45, 2.75) is 37.5 Å². The summed E-state index contributed by atoms with van der Waals surface area (Å²) >= 11 is 0. The molecule has 2 heterocycles. The number of carboxylic acids is 1. The minimum Gasteiger partial charge on any atom is -0.492 e. The fourth-order valence-electron chi connectivity index (χ4n) is 4.94. The molecular weight excluding hydrogens is 463 g/mol. The predicted molar refractivity (Wildman–Crippen MR) is 120 cm³/mol. The maximum atomic E-state index is 13.8. The number of carbonyl (C=O) groups is 1. The van der Waals surface area contributed by atoms with Crippen LogP contribution >= 0.6 is 0 Å². The van der Waals surface area contributed by atoms with Gasteiger partial charge in [-0.05, 0) is 41.7 Å². The van der Waals surface area contributed by atoms with E-state index < -0.39 is 17.7 Å². The van der Waals surface area contributed by atoms with Gasteiger partial charge in [0.25, 0.3) is 0 Å². The predicted octanol–water partition coefficient (Wildman–Crippen LogP) is 5.79. The van der Waals surface area contributed by atoms with Crippen molar-refractivity contribution in [1.29, 1.82) is 0 Å². The molecule has 0 fully saturated rings. The number of halogens is 3. The first-order valence-corrected chi connectivity index (χ1v) is 11.1. The van der Waals surface area contributed by atoms with Crippen molar-refractivity contribution < 1.29 is 37.3 Å². The number of carboxylic acid groups (broad SMARTS) is 1. The lowest BCUT2D eigenvalue weighted by molar-refractivity contribution is -0.138. The first kappa shape index (κ1) is 23.0. The van der Waals surface area contributed by atoms with E-state index in [0.717, 1.165) is 29.0 Å². The average Bonchev–Trinajstić information content (AvgIpc) is 3.41. The Hall–Kier alpha value is -3.75. The second-order valence-corrected chi connectivity index (χ2v) is 8.56. The van der Waals surface area contributed by atoms with Crippen LogP contribution in [0.5, 0.6) is 17.4 Å². The fourth-order valence-corrected chi connectivity index (χ4v) is 4.94. The number of fused-ring (bicyclic) bond motifs is 2. The van der Waals surface area contributed by atoms with Gasteiger partial charge >= 0.3 is 12.1 Å². The van der Waals surface area contributed by atoms with Crippen LogP contribution in [0.15, 0.2) is 48.7 Å². The van der Waals surface area contributed by atoms with Crippen LogP contribution in [0.25, 0.3) is 11.1 Å². The molecule has 1 N–H and O–H groups in total. The summed E-state index contributed by atoms with van der Waals surface area (Å²) in [4.78, 5) is 15.1. The molecule has 9 heteroatoms. The molecule has 1 aliphatic carbocycles. The Labute approximate surface area is 199 Å². The molecule has 1 aliphatic heterocycles. The molecule has 3 aromatic rings. The molecule has 182 valence electrons. The van der Waals surface area contributed by atoms with E-state index in [2.05, 4.69) is 4.98 Å². The first-order chi connectivity index (χ1) is 16.8. The molecular formula is C26H22F3NO5. The fraction of sp³-hybridized carbons (Fsp3) is 0.308. The summed E-state index contributed by atoms with van der Waals surface area (Å²) < 4.78 is 58.5. The van der Waals surface area contributed by atoms with Gasteiger partial charge in [0.05, 0.1) is 31.3 Å². The Balaban J connectivity index is 1.46. The smallest absolute Gasteiger partial charge is 0.417 e. The quantitative estimate of drug-likeness (QED) is 0.476. The van der Waals surface area contributed by atoms with Crippen LogP contribution in [0.2, 0.25) is 0 Å². The van der Waals surface area contributed by atoms with E-state index >= 15 is 0 Å². The van der Waals surface area contributed by atoms with E-state index in [4.69, 9.17) is 19.3 Å². The Bertz CT molecular complexity index is 1290. The number of ether oxygens (including phenoxy) is 3. The highest BCUT2D eigenvalue weighted by Crippen LogP contribution is 2.47. The lowest BCUT2D eigenvalue weighted by Gasteiger charge is -2.19. The van der Waals surface area contributed by atoms with Gasteiger partial charge in [-0.3, -0.25) is 4.79 Å². The molecule has 0 saturated carbocycles. The SMILES string of the molecule is COc1nccc(C(F)(F)F)c1-c1cccc2c1CC[C@H]2Oc1ccc2c(c1)OC[C@H]2CC(=O)O. The molecule has 35 heavy (non-hydrogen) atoms. The number of pyridine rings is 1. The Morgan fingerprint density at radius 2 is 2.03 bits per heavy atom. The van der Waals surface area contributed by atoms with Crippen molar-refractivity contribution in [3.8, 4) is 28.5 Å². The highest BCUT2D eigenvalue weighted by atomic mass is 19.4. The number of nitrogens with zero attached hydrogens (tertiary/aromatic N) is 1. The van der Waals surface area contributed by atoms with Crippen molar-refractivity contribution in [2.75, 3.05) is 13.7 Å². The van der Waals surface area contributed by atoms with E-state index in [1.165, 1.54) is 7.11 Å². The van der Waals surface area contributed by atoms with E-state index in [0.29, 0.717) is 36.5 Å². The summed E-state index contributed by atoms with van der Waals surface area (Å²) in [5.74, 6) is -0.0227. The maximum absolute atomic E-state index is 13.8. The van der Waals surface area contributed by atoms with Gasteiger partial charge in [-0.25, -0.2) is 4.98 Å². The van der Waals surface area contributed by atoms with Gasteiger partial charge in [0.2, 0.25) is 5.88 Å². The third-order valence-corrected chi connectivity index (χ3v) is 6.46. The lowest BCUT2D eigenvalue weighted by Crippen LogP contribution is -2.10. The van der Waals surface area contributed by atoms with Crippen LogP contribution < -0.4 is 14.2 Å². The van der Waals surface area contributed by atoms with Gasteiger partial charge in [0.15, 0.2) is 0 Å². The highest BCUT2D eigenvalue weighted by molar-refractivity contribution is 5.77. The van der Waals surface area contributed by atoms with Crippen LogP contribution in [-0.4, -0.2) is 29.8 Å². The van der Waals surface area contributed by atoms with Crippen molar-refractivity contribution >= 4 is 5.97 Å². The van der Waals surface area contributed by atoms with Gasteiger partial charge in [-0.2, -0.15) is 13.2 Å². The molecule has 0 amide bonds. The zero-order valence-corrected chi connectivity index (χ0v) is 18.8. The highest BCUT2D eigenvalue weighted by Gasteiger charge is 2.37. The third kappa shape index (κ3) is 4.26. The number of benzene rings is 2. The lowest BCUT2D eigenvalue weighted by atomic mass is 9.94. The molecule has 0 unspecified atom stereocenters. The van der Waals surface area contributed by atoms with Gasteiger partial charge in [-0.15, -0.1) is 0 Å². The number of rotatable bonds is 6. The van der Waals surface area contributed by atoms with Gasteiger partial charge in [-0.1, -0.05) is 24.3 Å². The van der Waals surface area contributed by atoms with Crippen LogP contribution in [0.4, 0.5) is 13.2 Å². The number of aliphatic carboxylic acids is 1. The van der Waals surface area contributed by atoms with E-state index in [1.807, 2.05) is 12.1 Å². The van der Waals surface area contributed by atoms with Crippen molar-refractivity contribution in [3.63, 3.8) is 0 Å². The summed E-state index contributed by atoms with van der Waals surface area (Å²) in [5, 5.41) is 9.08. The van der Waals surface area contributed by atoms with Gasteiger partial charge < -0.3 is 19.3 Å². The molecule has 2 aromatic carbocycles. The number of hydrogen-bond acceptors (Lipinski definition) is 5. The van der Waals surface area contributed by atoms with Crippen LogP contribution in [0.3, 0.4) is 0 Å². The number of aromatic nitrogens is 1. The van der Waals surface area contributed by atoms with Crippen LogP contribution in [0, 0.1) is 0 Å². The molecule has 1 aromatic heterocycles. The minimum atomic E-state index is -4.56. The molecule has 0 spiro atoms. The third-order valence-electron chi connectivity index (χ3n) is 6.46. The molecule has 0 radical (unpaired) electrons. The zero-order valence-electron chi connectivity index (χ0n) is 18.8. The number of hydrogen-bond donors (Lipinski definition) is 1. The topological polar surface area (TPSA) is 77.9 Å². The van der Waals surface area contributed by atoms with Crippen LogP contribution in [-0.2, 0) is 17.4 Å². The van der Waals surface area contributed by atoms with Gasteiger partial charge in [0.1, 0.15) is 17.6 Å². The van der Waals surface area contributed by atoms with E-state index in [-0.39, 0.29) is 29.9 Å². The second kappa shape index (κ2) is 8.79. The Morgan fingerprint density at radius 3 is 2.77 bits per heavy atom. The largest absolute Gasteiger partial charge is 0.492 e. The van der Waals surface area contributed by atoms with Crippen molar-refractivity contribution in [1.82, 2.24) is 4.98 Å². The number of methoxy groups -OCH3 is 1.